The van der Waals surface area contributed by atoms with Crippen LogP contribution in [0.5, 0.6) is 0 Å². The number of pyridine rings is 1. The molecule has 0 aliphatic heterocycles. The van der Waals surface area contributed by atoms with Crippen molar-refractivity contribution in [3.8, 4) is 10.4 Å². The van der Waals surface area contributed by atoms with Gasteiger partial charge in [0.15, 0.2) is 0 Å². The molecule has 0 atom stereocenters. The first-order valence-electron chi connectivity index (χ1n) is 8.00. The highest BCUT2D eigenvalue weighted by atomic mass is 32.1. The van der Waals surface area contributed by atoms with Gasteiger partial charge in [-0.05, 0) is 41.5 Å². The molecule has 0 saturated heterocycles. The fourth-order valence-electron chi connectivity index (χ4n) is 2.50. The standard InChI is InChI=1S/C19H19N3O2S/c23-19(22-24)18-8-7-17(25-18)15-5-3-4-14(12-15)13-20-11-9-16-6-1-2-10-21-16/h1-8,10,12,20,24H,9,11,13H2,(H,22,23). The fourth-order valence-corrected chi connectivity index (χ4v) is 3.39. The van der Waals surface area contributed by atoms with Crippen molar-refractivity contribution in [1.82, 2.24) is 15.8 Å². The summed E-state index contributed by atoms with van der Waals surface area (Å²) in [6.45, 7) is 1.64. The molecular formula is C19H19N3O2S. The highest BCUT2D eigenvalue weighted by molar-refractivity contribution is 7.17. The van der Waals surface area contributed by atoms with Crippen LogP contribution in [0.2, 0.25) is 0 Å². The summed E-state index contributed by atoms with van der Waals surface area (Å²) in [7, 11) is 0. The summed E-state index contributed by atoms with van der Waals surface area (Å²) in [5.41, 5.74) is 4.98. The topological polar surface area (TPSA) is 74.2 Å². The molecule has 3 aromatic rings. The summed E-state index contributed by atoms with van der Waals surface area (Å²) in [5, 5.41) is 12.1. The first-order chi connectivity index (χ1) is 12.3. The number of carbonyl (C=O) groups excluding carboxylic acids is 1. The zero-order valence-corrected chi connectivity index (χ0v) is 14.4. The van der Waals surface area contributed by atoms with E-state index in [1.807, 2.05) is 42.6 Å². The maximum atomic E-state index is 11.5. The highest BCUT2D eigenvalue weighted by Gasteiger charge is 2.09. The number of aromatic nitrogens is 1. The molecular weight excluding hydrogens is 334 g/mol. The summed E-state index contributed by atoms with van der Waals surface area (Å²) in [4.78, 5) is 17.2. The van der Waals surface area contributed by atoms with Gasteiger partial charge >= 0.3 is 0 Å². The summed E-state index contributed by atoms with van der Waals surface area (Å²) < 4.78 is 0. The second kappa shape index (κ2) is 8.53. The third-order valence-corrected chi connectivity index (χ3v) is 4.89. The summed E-state index contributed by atoms with van der Waals surface area (Å²) in [6.07, 6.45) is 2.70. The Morgan fingerprint density at radius 3 is 2.84 bits per heavy atom. The van der Waals surface area contributed by atoms with E-state index in [1.54, 1.807) is 11.5 Å². The first kappa shape index (κ1) is 17.3. The van der Waals surface area contributed by atoms with Gasteiger partial charge in [-0.15, -0.1) is 11.3 Å². The van der Waals surface area contributed by atoms with Gasteiger partial charge in [0, 0.05) is 36.3 Å². The highest BCUT2D eigenvalue weighted by Crippen LogP contribution is 2.28. The van der Waals surface area contributed by atoms with E-state index in [4.69, 9.17) is 5.21 Å². The van der Waals surface area contributed by atoms with Crippen molar-refractivity contribution in [2.24, 2.45) is 0 Å². The average Bonchev–Trinajstić information content (AvgIpc) is 3.16. The number of amides is 1. The van der Waals surface area contributed by atoms with Gasteiger partial charge in [-0.2, -0.15) is 0 Å². The second-order valence-corrected chi connectivity index (χ2v) is 6.64. The first-order valence-corrected chi connectivity index (χ1v) is 8.82. The number of nitrogens with zero attached hydrogens (tertiary/aromatic N) is 1. The number of hydrogen-bond acceptors (Lipinski definition) is 5. The Labute approximate surface area is 150 Å². The molecule has 0 fully saturated rings. The number of benzene rings is 1. The van der Waals surface area contributed by atoms with Crippen LogP contribution in [0.1, 0.15) is 20.9 Å². The number of rotatable bonds is 7. The van der Waals surface area contributed by atoms with Gasteiger partial charge in [0.2, 0.25) is 0 Å². The Kier molecular flexibility index (Phi) is 5.90. The molecule has 2 aromatic heterocycles. The third-order valence-electron chi connectivity index (χ3n) is 3.76. The average molecular weight is 353 g/mol. The normalized spacial score (nSPS) is 10.6. The van der Waals surface area contributed by atoms with Gasteiger partial charge in [-0.1, -0.05) is 24.3 Å². The lowest BCUT2D eigenvalue weighted by atomic mass is 10.1. The number of hydroxylamine groups is 1. The van der Waals surface area contributed by atoms with Crippen LogP contribution in [0.4, 0.5) is 0 Å². The van der Waals surface area contributed by atoms with Crippen molar-refractivity contribution >= 4 is 17.2 Å². The zero-order valence-electron chi connectivity index (χ0n) is 13.6. The molecule has 5 nitrogen and oxygen atoms in total. The van der Waals surface area contributed by atoms with Crippen LogP contribution in [0, 0.1) is 0 Å². The number of thiophene rings is 1. The second-order valence-electron chi connectivity index (χ2n) is 5.55. The molecule has 0 bridgehead atoms. The fraction of sp³-hybridized carbons (Fsp3) is 0.158. The van der Waals surface area contributed by atoms with E-state index in [0.29, 0.717) is 4.88 Å². The van der Waals surface area contributed by atoms with Gasteiger partial charge in [0.25, 0.3) is 5.91 Å². The predicted octanol–water partition coefficient (Wildman–Crippen LogP) is 3.26. The van der Waals surface area contributed by atoms with E-state index >= 15 is 0 Å². The minimum Gasteiger partial charge on any atom is -0.312 e. The van der Waals surface area contributed by atoms with Crippen LogP contribution in [-0.2, 0) is 13.0 Å². The van der Waals surface area contributed by atoms with Crippen molar-refractivity contribution in [3.05, 3.63) is 76.9 Å². The van der Waals surface area contributed by atoms with Crippen LogP contribution in [0.25, 0.3) is 10.4 Å². The minimum atomic E-state index is -0.483. The molecule has 0 spiro atoms. The Hall–Kier alpha value is -2.54. The Balaban J connectivity index is 1.58. The number of hydrogen-bond donors (Lipinski definition) is 3. The van der Waals surface area contributed by atoms with Crippen LogP contribution in [0.15, 0.2) is 60.8 Å². The minimum absolute atomic E-state index is 0.483. The molecule has 6 heteroatoms. The van der Waals surface area contributed by atoms with Gasteiger partial charge < -0.3 is 5.32 Å². The van der Waals surface area contributed by atoms with Crippen molar-refractivity contribution in [2.45, 2.75) is 13.0 Å². The predicted molar refractivity (Wildman–Crippen MR) is 98.7 cm³/mol. The monoisotopic (exact) mass is 353 g/mol. The maximum Gasteiger partial charge on any atom is 0.284 e. The molecule has 3 N–H and O–H groups in total. The van der Waals surface area contributed by atoms with Crippen LogP contribution >= 0.6 is 11.3 Å². The lowest BCUT2D eigenvalue weighted by molar-refractivity contribution is 0.0711. The lowest BCUT2D eigenvalue weighted by Crippen LogP contribution is -2.17. The lowest BCUT2D eigenvalue weighted by Gasteiger charge is -2.06. The van der Waals surface area contributed by atoms with E-state index in [0.717, 1.165) is 35.6 Å². The molecule has 1 aromatic carbocycles. The molecule has 3 rings (SSSR count). The van der Waals surface area contributed by atoms with E-state index in [-0.39, 0.29) is 0 Å². The Bertz CT molecular complexity index is 833. The van der Waals surface area contributed by atoms with Gasteiger partial charge in [-0.3, -0.25) is 15.0 Å². The van der Waals surface area contributed by atoms with E-state index < -0.39 is 5.91 Å². The summed E-state index contributed by atoms with van der Waals surface area (Å²) in [5.74, 6) is -0.483. The molecule has 0 unspecified atom stereocenters. The van der Waals surface area contributed by atoms with Crippen molar-refractivity contribution in [2.75, 3.05) is 6.54 Å². The molecule has 0 saturated carbocycles. The van der Waals surface area contributed by atoms with Gasteiger partial charge in [-0.25, -0.2) is 5.48 Å². The molecule has 0 aliphatic rings. The Morgan fingerprint density at radius 2 is 2.04 bits per heavy atom. The van der Waals surface area contributed by atoms with E-state index in [2.05, 4.69) is 22.4 Å². The molecule has 1 amide bonds. The van der Waals surface area contributed by atoms with E-state index in [1.165, 1.54) is 16.9 Å². The molecule has 2 heterocycles. The maximum absolute atomic E-state index is 11.5. The van der Waals surface area contributed by atoms with Crippen LogP contribution in [-0.4, -0.2) is 22.6 Å². The van der Waals surface area contributed by atoms with Gasteiger partial charge in [0.1, 0.15) is 0 Å². The molecule has 0 radical (unpaired) electrons. The van der Waals surface area contributed by atoms with Gasteiger partial charge in [0.05, 0.1) is 4.88 Å². The Morgan fingerprint density at radius 1 is 1.12 bits per heavy atom. The SMILES string of the molecule is O=C(NO)c1ccc(-c2cccc(CNCCc3ccccn3)c2)s1. The number of carbonyl (C=O) groups is 1. The molecule has 25 heavy (non-hydrogen) atoms. The quantitative estimate of drug-likeness (QED) is 0.346. The van der Waals surface area contributed by atoms with Crippen LogP contribution in [0.3, 0.4) is 0 Å². The largest absolute Gasteiger partial charge is 0.312 e. The van der Waals surface area contributed by atoms with Crippen molar-refractivity contribution < 1.29 is 10.0 Å². The molecule has 128 valence electrons. The number of nitrogens with one attached hydrogen (secondary N) is 2. The van der Waals surface area contributed by atoms with E-state index in [9.17, 15) is 4.79 Å². The van der Waals surface area contributed by atoms with Crippen molar-refractivity contribution in [1.29, 1.82) is 0 Å². The molecule has 0 aliphatic carbocycles. The summed E-state index contributed by atoms with van der Waals surface area (Å²) in [6, 6.07) is 17.8. The summed E-state index contributed by atoms with van der Waals surface area (Å²) >= 11 is 1.35. The third kappa shape index (κ3) is 4.73. The zero-order chi connectivity index (χ0) is 17.5. The smallest absolute Gasteiger partial charge is 0.284 e. The van der Waals surface area contributed by atoms with Crippen LogP contribution < -0.4 is 10.8 Å². The van der Waals surface area contributed by atoms with Crippen molar-refractivity contribution in [3.63, 3.8) is 0 Å².